The molecular formula is C33H50F2N4O4S. The fraction of sp³-hybridized carbons (Fsp3) is 0.576. The lowest BCUT2D eigenvalue weighted by Gasteiger charge is -2.48. The number of halogens is 2. The van der Waals surface area contributed by atoms with Crippen molar-refractivity contribution in [2.75, 3.05) is 26.8 Å². The molecule has 3 rings (SSSR count). The van der Waals surface area contributed by atoms with E-state index in [-0.39, 0.29) is 18.3 Å². The summed E-state index contributed by atoms with van der Waals surface area (Å²) in [5.41, 5.74) is 1.23. The minimum absolute atomic E-state index is 0.154. The molecule has 1 heterocycles. The number of methoxy groups -OCH3 is 1. The number of carbonyl (C=O) groups is 2. The highest BCUT2D eigenvalue weighted by Gasteiger charge is 2.41. The zero-order valence-electron chi connectivity index (χ0n) is 27.8. The van der Waals surface area contributed by atoms with E-state index in [4.69, 9.17) is 9.47 Å². The molecule has 0 N–H and O–H groups in total. The Hall–Kier alpha value is -3.18. The van der Waals surface area contributed by atoms with Crippen LogP contribution < -0.4 is 0 Å². The Bertz CT molecular complexity index is 1230. The standard InChI is InChI=1S/C29H38F2N4O4S.2C2H6/c1-6-35(19-37)29(12-10-24(11-13-29)39-7-2)18-34(21(4)26(17-36)38-5)16-20(3)28-33-32-27(40-28)14-22-8-9-23(30)15-25(22)31;2*1-2/h8-9,15-17,19,24H,6-7,10-14,18H2,1-5H3;2*1-2H3/b20-16+,26-21+;;. The van der Waals surface area contributed by atoms with E-state index in [9.17, 15) is 18.4 Å². The smallest absolute Gasteiger partial charge is 0.210 e. The van der Waals surface area contributed by atoms with Gasteiger partial charge in [0.2, 0.25) is 6.41 Å². The first kappa shape index (κ1) is 38.8. The van der Waals surface area contributed by atoms with Crippen LogP contribution in [0.1, 0.15) is 96.7 Å². The fourth-order valence-electron chi connectivity index (χ4n) is 5.19. The first-order valence-corrected chi connectivity index (χ1v) is 16.3. The number of likely N-dealkylation sites (N-methyl/N-ethyl adjacent to an activating group) is 1. The SMILES string of the molecule is CC.CC.CCOC1CCC(CN(/C=C(\C)c2nnc(Cc3ccc(F)cc3F)s2)/C(C)=C(\C=O)OC)(N(C=O)CC)CC1. The molecular weight excluding hydrogens is 586 g/mol. The molecule has 1 amide bonds. The third-order valence-electron chi connectivity index (χ3n) is 7.43. The Kier molecular flexibility index (Phi) is 17.6. The molecule has 0 atom stereocenters. The van der Waals surface area contributed by atoms with E-state index in [1.165, 1.54) is 30.6 Å². The molecule has 0 radical (unpaired) electrons. The lowest BCUT2D eigenvalue weighted by molar-refractivity contribution is -0.127. The van der Waals surface area contributed by atoms with Gasteiger partial charge in [-0.1, -0.05) is 45.1 Å². The molecule has 246 valence electrons. The maximum Gasteiger partial charge on any atom is 0.210 e. The number of rotatable bonds is 14. The number of allylic oxidation sites excluding steroid dienone is 3. The van der Waals surface area contributed by atoms with Crippen LogP contribution in [0, 0.1) is 11.6 Å². The van der Waals surface area contributed by atoms with E-state index in [1.54, 1.807) is 6.92 Å². The largest absolute Gasteiger partial charge is 0.492 e. The fourth-order valence-corrected chi connectivity index (χ4v) is 6.02. The van der Waals surface area contributed by atoms with E-state index in [1.807, 2.05) is 64.5 Å². The molecule has 0 saturated heterocycles. The second-order valence-electron chi connectivity index (χ2n) is 9.90. The van der Waals surface area contributed by atoms with Crippen molar-refractivity contribution in [1.29, 1.82) is 0 Å². The number of amides is 1. The third kappa shape index (κ3) is 10.5. The molecule has 2 aromatic rings. The average molecular weight is 637 g/mol. The zero-order chi connectivity index (χ0) is 33.3. The number of hydrogen-bond acceptors (Lipinski definition) is 8. The number of aromatic nitrogens is 2. The van der Waals surface area contributed by atoms with Gasteiger partial charge in [-0.25, -0.2) is 8.78 Å². The van der Waals surface area contributed by atoms with Crippen molar-refractivity contribution < 1.29 is 27.8 Å². The summed E-state index contributed by atoms with van der Waals surface area (Å²) in [4.78, 5) is 27.8. The second kappa shape index (κ2) is 20.0. The first-order valence-electron chi connectivity index (χ1n) is 15.5. The summed E-state index contributed by atoms with van der Waals surface area (Å²) in [7, 11) is 1.44. The van der Waals surface area contributed by atoms with Crippen LogP contribution in [0.15, 0.2) is 35.9 Å². The third-order valence-corrected chi connectivity index (χ3v) is 8.49. The Morgan fingerprint density at radius 2 is 1.75 bits per heavy atom. The predicted molar refractivity (Wildman–Crippen MR) is 173 cm³/mol. The van der Waals surface area contributed by atoms with Crippen molar-refractivity contribution in [3.8, 4) is 0 Å². The van der Waals surface area contributed by atoms with Crippen LogP contribution in [0.5, 0.6) is 0 Å². The number of carbonyl (C=O) groups excluding carboxylic acids is 2. The maximum atomic E-state index is 14.2. The highest BCUT2D eigenvalue weighted by molar-refractivity contribution is 7.12. The van der Waals surface area contributed by atoms with Crippen LogP contribution in [-0.2, 0) is 25.5 Å². The van der Waals surface area contributed by atoms with Gasteiger partial charge in [-0.05, 0) is 65.0 Å². The molecule has 1 aromatic carbocycles. The van der Waals surface area contributed by atoms with Crippen LogP contribution in [0.2, 0.25) is 0 Å². The maximum absolute atomic E-state index is 14.2. The van der Waals surface area contributed by atoms with Gasteiger partial charge in [-0.2, -0.15) is 0 Å². The lowest BCUT2D eigenvalue weighted by atomic mass is 9.78. The van der Waals surface area contributed by atoms with Crippen LogP contribution in [0.25, 0.3) is 5.57 Å². The molecule has 1 fully saturated rings. The molecule has 11 heteroatoms. The van der Waals surface area contributed by atoms with E-state index in [2.05, 4.69) is 10.2 Å². The summed E-state index contributed by atoms with van der Waals surface area (Å²) in [6, 6.07) is 3.48. The van der Waals surface area contributed by atoms with Crippen LogP contribution in [-0.4, -0.2) is 71.1 Å². The lowest BCUT2D eigenvalue weighted by Crippen LogP contribution is -2.56. The van der Waals surface area contributed by atoms with Crippen molar-refractivity contribution in [1.82, 2.24) is 20.0 Å². The van der Waals surface area contributed by atoms with E-state index < -0.39 is 17.2 Å². The minimum Gasteiger partial charge on any atom is -0.492 e. The monoisotopic (exact) mass is 636 g/mol. The van der Waals surface area contributed by atoms with Crippen molar-refractivity contribution in [2.24, 2.45) is 0 Å². The quantitative estimate of drug-likeness (QED) is 0.121. The van der Waals surface area contributed by atoms with Gasteiger partial charge in [0.05, 0.1) is 24.4 Å². The summed E-state index contributed by atoms with van der Waals surface area (Å²) in [6.07, 6.45) is 6.93. The van der Waals surface area contributed by atoms with Crippen molar-refractivity contribution in [2.45, 2.75) is 99.1 Å². The molecule has 1 aliphatic carbocycles. The van der Waals surface area contributed by atoms with Gasteiger partial charge < -0.3 is 19.3 Å². The zero-order valence-corrected chi connectivity index (χ0v) is 28.6. The number of benzene rings is 1. The Balaban J connectivity index is 0.00000232. The van der Waals surface area contributed by atoms with Gasteiger partial charge in [0.1, 0.15) is 21.6 Å². The van der Waals surface area contributed by atoms with E-state index in [0.717, 1.165) is 43.7 Å². The van der Waals surface area contributed by atoms with Crippen LogP contribution >= 0.6 is 11.3 Å². The number of aldehydes is 1. The Morgan fingerprint density at radius 3 is 2.27 bits per heavy atom. The van der Waals surface area contributed by atoms with Gasteiger partial charge in [0, 0.05) is 44.0 Å². The van der Waals surface area contributed by atoms with Crippen molar-refractivity contribution in [3.05, 3.63) is 63.1 Å². The molecule has 0 aliphatic heterocycles. The molecule has 8 nitrogen and oxygen atoms in total. The average Bonchev–Trinajstić information content (AvgIpc) is 3.51. The van der Waals surface area contributed by atoms with Gasteiger partial charge in [0.25, 0.3) is 0 Å². The Labute approximate surface area is 266 Å². The molecule has 0 bridgehead atoms. The molecule has 0 unspecified atom stereocenters. The predicted octanol–water partition coefficient (Wildman–Crippen LogP) is 7.40. The number of ether oxygens (including phenoxy) is 2. The summed E-state index contributed by atoms with van der Waals surface area (Å²) in [6.45, 7) is 17.3. The minimum atomic E-state index is -0.632. The van der Waals surface area contributed by atoms with Crippen LogP contribution in [0.4, 0.5) is 8.78 Å². The van der Waals surface area contributed by atoms with Gasteiger partial charge in [-0.15, -0.1) is 10.2 Å². The summed E-state index contributed by atoms with van der Waals surface area (Å²) >= 11 is 1.31. The first-order chi connectivity index (χ1) is 21.2. The molecule has 1 aromatic heterocycles. The summed E-state index contributed by atoms with van der Waals surface area (Å²) in [5, 5.41) is 9.72. The van der Waals surface area contributed by atoms with E-state index in [0.29, 0.717) is 47.3 Å². The molecule has 1 aliphatic rings. The highest BCUT2D eigenvalue weighted by Crippen LogP contribution is 2.37. The molecule has 1 saturated carbocycles. The highest BCUT2D eigenvalue weighted by atomic mass is 32.1. The van der Waals surface area contributed by atoms with E-state index >= 15 is 0 Å². The van der Waals surface area contributed by atoms with Crippen molar-refractivity contribution >= 4 is 29.6 Å². The topological polar surface area (TPSA) is 84.9 Å². The molecule has 44 heavy (non-hydrogen) atoms. The summed E-state index contributed by atoms with van der Waals surface area (Å²) in [5.74, 6) is -1.08. The van der Waals surface area contributed by atoms with Gasteiger partial charge in [0.15, 0.2) is 12.0 Å². The number of hydrogen-bond donors (Lipinski definition) is 0. The summed E-state index contributed by atoms with van der Waals surface area (Å²) < 4.78 is 38.7. The second-order valence-corrected chi connectivity index (χ2v) is 11.0. The van der Waals surface area contributed by atoms with Gasteiger partial charge in [-0.3, -0.25) is 9.59 Å². The van der Waals surface area contributed by atoms with Crippen molar-refractivity contribution in [3.63, 3.8) is 0 Å². The molecule has 0 spiro atoms. The van der Waals surface area contributed by atoms with Crippen LogP contribution in [0.3, 0.4) is 0 Å². The number of nitrogens with zero attached hydrogens (tertiary/aromatic N) is 4. The Morgan fingerprint density at radius 1 is 1.09 bits per heavy atom. The van der Waals surface area contributed by atoms with Gasteiger partial charge >= 0.3 is 0 Å². The normalized spacial score (nSPS) is 18.5.